The van der Waals surface area contributed by atoms with E-state index < -0.39 is 5.24 Å². The van der Waals surface area contributed by atoms with Crippen LogP contribution in [0.3, 0.4) is 0 Å². The van der Waals surface area contributed by atoms with Crippen LogP contribution in [-0.4, -0.2) is 41.0 Å². The molecule has 1 heterocycles. The van der Waals surface area contributed by atoms with Gasteiger partial charge in [0, 0.05) is 19.6 Å². The molecule has 1 atom stereocenters. The monoisotopic (exact) mass is 189 g/mol. The quantitative estimate of drug-likeness (QED) is 0.516. The van der Waals surface area contributed by atoms with Gasteiger partial charge in [-0.25, -0.2) is 0 Å². The average Bonchev–Trinajstić information content (AvgIpc) is 2.35. The molecule has 3 nitrogen and oxygen atoms in total. The minimum absolute atomic E-state index is 0.204. The molecule has 0 aromatic heterocycles. The van der Waals surface area contributed by atoms with E-state index in [1.54, 1.807) is 6.08 Å². The molecule has 0 aromatic rings. The average molecular weight is 190 g/mol. The van der Waals surface area contributed by atoms with Crippen molar-refractivity contribution >= 4 is 16.8 Å². The van der Waals surface area contributed by atoms with Crippen molar-refractivity contribution in [3.8, 4) is 0 Å². The van der Waals surface area contributed by atoms with Gasteiger partial charge in [-0.1, -0.05) is 6.08 Å². The van der Waals surface area contributed by atoms with Crippen molar-refractivity contribution in [2.75, 3.05) is 19.6 Å². The first-order valence-corrected chi connectivity index (χ1v) is 4.32. The lowest BCUT2D eigenvalue weighted by atomic mass is 10.3. The molecule has 1 fully saturated rings. The lowest BCUT2D eigenvalue weighted by Crippen LogP contribution is -2.21. The van der Waals surface area contributed by atoms with Crippen molar-refractivity contribution in [1.29, 1.82) is 0 Å². The predicted molar refractivity (Wildman–Crippen MR) is 47.1 cm³/mol. The molecular weight excluding hydrogens is 178 g/mol. The molecule has 12 heavy (non-hydrogen) atoms. The van der Waals surface area contributed by atoms with E-state index in [9.17, 15) is 4.79 Å². The van der Waals surface area contributed by atoms with Crippen LogP contribution >= 0.6 is 11.6 Å². The van der Waals surface area contributed by atoms with Crippen molar-refractivity contribution < 1.29 is 9.90 Å². The SMILES string of the molecule is O=C(Cl)C=CCN1CC[C@@H](O)C1. The van der Waals surface area contributed by atoms with E-state index in [4.69, 9.17) is 16.7 Å². The van der Waals surface area contributed by atoms with Crippen molar-refractivity contribution in [3.63, 3.8) is 0 Å². The Morgan fingerprint density at radius 2 is 2.50 bits per heavy atom. The number of allylic oxidation sites excluding steroid dienone is 1. The fraction of sp³-hybridized carbons (Fsp3) is 0.625. The number of aliphatic hydroxyl groups excluding tert-OH is 1. The van der Waals surface area contributed by atoms with Crippen LogP contribution < -0.4 is 0 Å². The molecule has 0 radical (unpaired) electrons. The highest BCUT2D eigenvalue weighted by atomic mass is 35.5. The number of carbonyl (C=O) groups is 1. The van der Waals surface area contributed by atoms with Crippen LogP contribution in [0, 0.1) is 0 Å². The highest BCUT2D eigenvalue weighted by molar-refractivity contribution is 6.66. The molecular formula is C8H12ClNO2. The Balaban J connectivity index is 2.20. The lowest BCUT2D eigenvalue weighted by Gasteiger charge is -2.10. The third-order valence-corrected chi connectivity index (χ3v) is 1.99. The fourth-order valence-electron chi connectivity index (χ4n) is 1.27. The van der Waals surface area contributed by atoms with Crippen LogP contribution in [0.25, 0.3) is 0 Å². The Labute approximate surface area is 76.6 Å². The number of aliphatic hydroxyl groups is 1. The predicted octanol–water partition coefficient (Wildman–Crippen LogP) is 0.375. The molecule has 1 saturated heterocycles. The van der Waals surface area contributed by atoms with Crippen molar-refractivity contribution in [2.24, 2.45) is 0 Å². The van der Waals surface area contributed by atoms with Gasteiger partial charge < -0.3 is 5.11 Å². The Morgan fingerprint density at radius 3 is 3.00 bits per heavy atom. The van der Waals surface area contributed by atoms with Gasteiger partial charge in [0.1, 0.15) is 0 Å². The van der Waals surface area contributed by atoms with Gasteiger partial charge in [0.05, 0.1) is 6.10 Å². The molecule has 0 spiro atoms. The number of hydrogen-bond donors (Lipinski definition) is 1. The lowest BCUT2D eigenvalue weighted by molar-refractivity contribution is -0.107. The highest BCUT2D eigenvalue weighted by Gasteiger charge is 2.18. The summed E-state index contributed by atoms with van der Waals surface area (Å²) >= 11 is 5.10. The molecule has 4 heteroatoms. The number of likely N-dealkylation sites (tertiary alicyclic amines) is 1. The molecule has 1 N–H and O–H groups in total. The first kappa shape index (κ1) is 9.71. The summed E-state index contributed by atoms with van der Waals surface area (Å²) in [7, 11) is 0. The summed E-state index contributed by atoms with van der Waals surface area (Å²) in [5.74, 6) is 0. The summed E-state index contributed by atoms with van der Waals surface area (Å²) in [6.45, 7) is 2.28. The second kappa shape index (κ2) is 4.60. The third-order valence-electron chi connectivity index (χ3n) is 1.86. The Bertz CT molecular complexity index is 193. The maximum atomic E-state index is 10.3. The molecule has 0 aromatic carbocycles. The van der Waals surface area contributed by atoms with Gasteiger partial charge in [0.25, 0.3) is 0 Å². The summed E-state index contributed by atoms with van der Waals surface area (Å²) in [6.07, 6.45) is 3.67. The number of nitrogens with zero attached hydrogens (tertiary/aromatic N) is 1. The standard InChI is InChI=1S/C8H12ClNO2/c9-8(12)2-1-4-10-5-3-7(11)6-10/h1-2,7,11H,3-6H2/t7-/m1/s1. The maximum absolute atomic E-state index is 10.3. The van der Waals surface area contributed by atoms with E-state index in [0.29, 0.717) is 13.1 Å². The number of carbonyl (C=O) groups excluding carboxylic acids is 1. The van der Waals surface area contributed by atoms with Crippen LogP contribution in [-0.2, 0) is 4.79 Å². The molecule has 1 aliphatic heterocycles. The number of rotatable bonds is 3. The van der Waals surface area contributed by atoms with Gasteiger partial charge in [-0.15, -0.1) is 0 Å². The van der Waals surface area contributed by atoms with Gasteiger partial charge in [0.15, 0.2) is 0 Å². The van der Waals surface area contributed by atoms with Crippen LogP contribution in [0.5, 0.6) is 0 Å². The fourth-order valence-corrected chi connectivity index (χ4v) is 1.36. The minimum atomic E-state index is -0.449. The van der Waals surface area contributed by atoms with Gasteiger partial charge >= 0.3 is 0 Å². The van der Waals surface area contributed by atoms with E-state index in [2.05, 4.69) is 4.90 Å². The van der Waals surface area contributed by atoms with Crippen molar-refractivity contribution in [1.82, 2.24) is 4.90 Å². The first-order chi connectivity index (χ1) is 5.68. The second-order valence-corrected chi connectivity index (χ2v) is 3.28. The van der Waals surface area contributed by atoms with Crippen LogP contribution in [0.2, 0.25) is 0 Å². The second-order valence-electron chi connectivity index (χ2n) is 2.91. The molecule has 1 aliphatic rings. The van der Waals surface area contributed by atoms with Gasteiger partial charge in [-0.2, -0.15) is 0 Å². The number of hydrogen-bond acceptors (Lipinski definition) is 3. The van der Waals surface area contributed by atoms with E-state index in [0.717, 1.165) is 13.0 Å². The Hall–Kier alpha value is -0.380. The summed E-state index contributed by atoms with van der Waals surface area (Å²) < 4.78 is 0. The van der Waals surface area contributed by atoms with Gasteiger partial charge in [-0.3, -0.25) is 9.69 Å². The molecule has 0 unspecified atom stereocenters. The largest absolute Gasteiger partial charge is 0.392 e. The van der Waals surface area contributed by atoms with E-state index in [1.807, 2.05) is 0 Å². The minimum Gasteiger partial charge on any atom is -0.392 e. The van der Waals surface area contributed by atoms with E-state index in [1.165, 1.54) is 6.08 Å². The number of β-amino-alcohol motifs (C(OH)–C–C–N with tert-alkyl or cyclic N) is 1. The van der Waals surface area contributed by atoms with Crippen LogP contribution in [0.15, 0.2) is 12.2 Å². The van der Waals surface area contributed by atoms with Gasteiger partial charge in [-0.05, 0) is 24.1 Å². The molecule has 0 amide bonds. The first-order valence-electron chi connectivity index (χ1n) is 3.95. The molecule has 0 bridgehead atoms. The summed E-state index contributed by atoms with van der Waals surface area (Å²) in [6, 6.07) is 0. The normalized spacial score (nSPS) is 25.3. The van der Waals surface area contributed by atoms with Crippen LogP contribution in [0.4, 0.5) is 0 Å². The highest BCUT2D eigenvalue weighted by Crippen LogP contribution is 2.07. The third kappa shape index (κ3) is 3.34. The Kier molecular flexibility index (Phi) is 3.72. The topological polar surface area (TPSA) is 40.5 Å². The molecule has 68 valence electrons. The summed E-state index contributed by atoms with van der Waals surface area (Å²) in [5.41, 5.74) is 0. The van der Waals surface area contributed by atoms with Crippen molar-refractivity contribution in [3.05, 3.63) is 12.2 Å². The number of halogens is 1. The smallest absolute Gasteiger partial charge is 0.244 e. The molecule has 0 aliphatic carbocycles. The van der Waals surface area contributed by atoms with Crippen LogP contribution in [0.1, 0.15) is 6.42 Å². The Morgan fingerprint density at radius 1 is 1.75 bits per heavy atom. The van der Waals surface area contributed by atoms with Gasteiger partial charge in [0.2, 0.25) is 5.24 Å². The van der Waals surface area contributed by atoms with E-state index >= 15 is 0 Å². The van der Waals surface area contributed by atoms with Crippen molar-refractivity contribution in [2.45, 2.75) is 12.5 Å². The zero-order valence-corrected chi connectivity index (χ0v) is 7.50. The molecule has 1 rings (SSSR count). The van der Waals surface area contributed by atoms with E-state index in [-0.39, 0.29) is 6.10 Å². The summed E-state index contributed by atoms with van der Waals surface area (Å²) in [5, 5.41) is 8.70. The zero-order chi connectivity index (χ0) is 8.97. The molecule has 0 saturated carbocycles. The zero-order valence-electron chi connectivity index (χ0n) is 6.74. The maximum Gasteiger partial charge on any atom is 0.244 e. The summed E-state index contributed by atoms with van der Waals surface area (Å²) in [4.78, 5) is 12.4.